The molecule has 0 aromatic carbocycles. The Morgan fingerprint density at radius 1 is 1.18 bits per heavy atom. The molecule has 4 amide bonds. The number of carbonyl (C=O) groups is 3. The molecule has 2 aliphatic heterocycles. The predicted octanol–water partition coefficient (Wildman–Crippen LogP) is 1.60. The summed E-state index contributed by atoms with van der Waals surface area (Å²) in [7, 11) is 0. The Morgan fingerprint density at radius 3 is 2.27 bits per heavy atom. The summed E-state index contributed by atoms with van der Waals surface area (Å²) in [6, 6.07) is -1.62. The molecular formula is C16H27N3O3. The number of nitrogens with zero attached hydrogens (tertiary/aromatic N) is 2. The Morgan fingerprint density at radius 2 is 1.77 bits per heavy atom. The van der Waals surface area contributed by atoms with Gasteiger partial charge >= 0.3 is 6.03 Å². The molecular weight excluding hydrogens is 282 g/mol. The lowest BCUT2D eigenvalue weighted by atomic mass is 9.99. The summed E-state index contributed by atoms with van der Waals surface area (Å²) in [5, 5.41) is 2.73. The van der Waals surface area contributed by atoms with E-state index in [1.807, 2.05) is 27.7 Å². The highest BCUT2D eigenvalue weighted by Crippen LogP contribution is 2.23. The molecule has 0 aromatic rings. The van der Waals surface area contributed by atoms with Crippen molar-refractivity contribution in [1.29, 1.82) is 0 Å². The molecule has 2 atom stereocenters. The van der Waals surface area contributed by atoms with Gasteiger partial charge in [-0.15, -0.1) is 0 Å². The van der Waals surface area contributed by atoms with Crippen LogP contribution in [0.3, 0.4) is 0 Å². The third kappa shape index (κ3) is 3.25. The highest BCUT2D eigenvalue weighted by atomic mass is 16.2. The second-order valence-electron chi connectivity index (χ2n) is 7.06. The summed E-state index contributed by atoms with van der Waals surface area (Å²) in [5.74, 6) is -0.146. The zero-order valence-electron chi connectivity index (χ0n) is 14.0. The first kappa shape index (κ1) is 16.8. The van der Waals surface area contributed by atoms with Crippen LogP contribution < -0.4 is 5.32 Å². The van der Waals surface area contributed by atoms with Crippen LogP contribution in [0.15, 0.2) is 0 Å². The predicted molar refractivity (Wildman–Crippen MR) is 83.1 cm³/mol. The molecule has 0 aromatic heterocycles. The van der Waals surface area contributed by atoms with E-state index in [9.17, 15) is 14.4 Å². The maximum absolute atomic E-state index is 12.7. The van der Waals surface area contributed by atoms with E-state index in [1.165, 1.54) is 4.90 Å². The van der Waals surface area contributed by atoms with Crippen molar-refractivity contribution in [2.24, 2.45) is 11.8 Å². The average molecular weight is 309 g/mol. The summed E-state index contributed by atoms with van der Waals surface area (Å²) in [6.45, 7) is 9.24. The molecule has 0 radical (unpaired) electrons. The molecule has 2 fully saturated rings. The fourth-order valence-corrected chi connectivity index (χ4v) is 3.26. The topological polar surface area (TPSA) is 69.7 Å². The van der Waals surface area contributed by atoms with E-state index in [4.69, 9.17) is 0 Å². The van der Waals surface area contributed by atoms with Crippen LogP contribution in [0.4, 0.5) is 4.79 Å². The molecule has 6 heteroatoms. The summed E-state index contributed by atoms with van der Waals surface area (Å²) in [4.78, 5) is 40.5. The lowest BCUT2D eigenvalue weighted by Gasteiger charge is -2.31. The van der Waals surface area contributed by atoms with Crippen molar-refractivity contribution in [2.75, 3.05) is 13.1 Å². The molecule has 124 valence electrons. The normalized spacial score (nSPS) is 23.6. The summed E-state index contributed by atoms with van der Waals surface area (Å²) in [6.07, 6.45) is 2.59. The smallest absolute Gasteiger partial charge is 0.325 e. The van der Waals surface area contributed by atoms with Crippen LogP contribution in [-0.2, 0) is 9.59 Å². The molecule has 1 unspecified atom stereocenters. The number of likely N-dealkylation sites (tertiary alicyclic amines) is 1. The highest BCUT2D eigenvalue weighted by Gasteiger charge is 2.46. The number of hydrogen-bond acceptors (Lipinski definition) is 3. The Bertz CT molecular complexity index is 456. The third-order valence-corrected chi connectivity index (χ3v) is 4.34. The standard InChI is InChI=1S/C16H27N3O3/c1-10(2)9-12-14(20)19(16(22)17-12)13(11(3)4)15(21)18-7-5-6-8-18/h10-13H,5-9H2,1-4H3,(H,17,22)/t12?,13-/m0/s1. The van der Waals surface area contributed by atoms with Crippen molar-refractivity contribution in [3.8, 4) is 0 Å². The summed E-state index contributed by atoms with van der Waals surface area (Å²) >= 11 is 0. The quantitative estimate of drug-likeness (QED) is 0.784. The number of amides is 4. The van der Waals surface area contributed by atoms with Crippen LogP contribution in [-0.4, -0.2) is 52.8 Å². The minimum atomic E-state index is -0.692. The first-order chi connectivity index (χ1) is 10.3. The van der Waals surface area contributed by atoms with E-state index >= 15 is 0 Å². The van der Waals surface area contributed by atoms with Crippen molar-refractivity contribution < 1.29 is 14.4 Å². The zero-order valence-corrected chi connectivity index (χ0v) is 14.0. The number of imide groups is 1. The van der Waals surface area contributed by atoms with Gasteiger partial charge in [-0.05, 0) is 31.1 Å². The number of urea groups is 1. The molecule has 2 saturated heterocycles. The van der Waals surface area contributed by atoms with Crippen LogP contribution in [0.1, 0.15) is 47.0 Å². The molecule has 22 heavy (non-hydrogen) atoms. The van der Waals surface area contributed by atoms with E-state index in [-0.39, 0.29) is 17.7 Å². The van der Waals surface area contributed by atoms with E-state index in [1.54, 1.807) is 4.90 Å². The van der Waals surface area contributed by atoms with E-state index in [0.717, 1.165) is 25.9 Å². The highest BCUT2D eigenvalue weighted by molar-refractivity contribution is 6.07. The molecule has 0 bridgehead atoms. The maximum atomic E-state index is 12.7. The number of hydrogen-bond donors (Lipinski definition) is 1. The fourth-order valence-electron chi connectivity index (χ4n) is 3.26. The second kappa shape index (κ2) is 6.67. The van der Waals surface area contributed by atoms with E-state index < -0.39 is 18.1 Å². The zero-order chi connectivity index (χ0) is 16.4. The first-order valence-electron chi connectivity index (χ1n) is 8.25. The van der Waals surface area contributed by atoms with Gasteiger partial charge in [-0.3, -0.25) is 9.59 Å². The lowest BCUT2D eigenvalue weighted by Crippen LogP contribution is -2.53. The summed E-state index contributed by atoms with van der Waals surface area (Å²) in [5.41, 5.74) is 0. The lowest BCUT2D eigenvalue weighted by molar-refractivity contribution is -0.143. The Hall–Kier alpha value is -1.59. The number of nitrogens with one attached hydrogen (secondary N) is 1. The first-order valence-corrected chi connectivity index (χ1v) is 8.25. The van der Waals surface area contributed by atoms with Crippen LogP contribution in [0.2, 0.25) is 0 Å². The Kier molecular flexibility index (Phi) is 5.08. The van der Waals surface area contributed by atoms with Crippen LogP contribution in [0.5, 0.6) is 0 Å². The van der Waals surface area contributed by atoms with Gasteiger partial charge in [0.25, 0.3) is 5.91 Å². The molecule has 0 aliphatic carbocycles. The van der Waals surface area contributed by atoms with Gasteiger partial charge in [-0.2, -0.15) is 0 Å². The monoisotopic (exact) mass is 309 g/mol. The largest absolute Gasteiger partial charge is 0.341 e. The van der Waals surface area contributed by atoms with Crippen molar-refractivity contribution in [3.05, 3.63) is 0 Å². The molecule has 2 aliphatic rings. The van der Waals surface area contributed by atoms with E-state index in [0.29, 0.717) is 12.3 Å². The van der Waals surface area contributed by atoms with E-state index in [2.05, 4.69) is 5.32 Å². The number of rotatable bonds is 5. The molecule has 0 spiro atoms. The Balaban J connectivity index is 2.19. The summed E-state index contributed by atoms with van der Waals surface area (Å²) < 4.78 is 0. The van der Waals surface area contributed by atoms with Crippen molar-refractivity contribution in [2.45, 2.75) is 59.0 Å². The molecule has 1 N–H and O–H groups in total. The molecule has 0 saturated carbocycles. The fraction of sp³-hybridized carbons (Fsp3) is 0.812. The molecule has 2 heterocycles. The third-order valence-electron chi connectivity index (χ3n) is 4.34. The van der Waals surface area contributed by atoms with Crippen LogP contribution in [0, 0.1) is 11.8 Å². The average Bonchev–Trinajstić information content (AvgIpc) is 3.02. The second-order valence-corrected chi connectivity index (χ2v) is 7.06. The van der Waals surface area contributed by atoms with Gasteiger partial charge in [0, 0.05) is 13.1 Å². The van der Waals surface area contributed by atoms with Crippen molar-refractivity contribution in [1.82, 2.24) is 15.1 Å². The van der Waals surface area contributed by atoms with Gasteiger partial charge in [-0.25, -0.2) is 9.69 Å². The van der Waals surface area contributed by atoms with Gasteiger partial charge in [0.2, 0.25) is 5.91 Å². The van der Waals surface area contributed by atoms with Crippen LogP contribution in [0.25, 0.3) is 0 Å². The molecule has 6 nitrogen and oxygen atoms in total. The van der Waals surface area contributed by atoms with Gasteiger partial charge in [0.15, 0.2) is 0 Å². The van der Waals surface area contributed by atoms with Gasteiger partial charge in [0.05, 0.1) is 0 Å². The van der Waals surface area contributed by atoms with Crippen molar-refractivity contribution >= 4 is 17.8 Å². The van der Waals surface area contributed by atoms with Crippen molar-refractivity contribution in [3.63, 3.8) is 0 Å². The van der Waals surface area contributed by atoms with Gasteiger partial charge in [-0.1, -0.05) is 27.7 Å². The maximum Gasteiger partial charge on any atom is 0.325 e. The molecule has 2 rings (SSSR count). The van der Waals surface area contributed by atoms with Crippen LogP contribution >= 0.6 is 0 Å². The van der Waals surface area contributed by atoms with Gasteiger partial charge in [0.1, 0.15) is 12.1 Å². The minimum Gasteiger partial charge on any atom is -0.341 e. The SMILES string of the molecule is CC(C)CC1NC(=O)N([C@H](C(=O)N2CCCC2)C(C)C)C1=O. The van der Waals surface area contributed by atoms with Gasteiger partial charge < -0.3 is 10.2 Å². The minimum absolute atomic E-state index is 0.0961. The Labute approximate surface area is 132 Å². The number of carbonyl (C=O) groups excluding carboxylic acids is 3.